The Kier molecular flexibility index (Phi) is 4.98. The number of anilines is 2. The predicted molar refractivity (Wildman–Crippen MR) is 117 cm³/mol. The minimum atomic E-state index is -0.391. The van der Waals surface area contributed by atoms with Crippen LogP contribution in [-0.2, 0) is 9.59 Å². The molecule has 1 aliphatic heterocycles. The minimum Gasteiger partial charge on any atom is -0.319 e. The monoisotopic (exact) mass is 428 g/mol. The average Bonchev–Trinajstić information content (AvgIpc) is 3.37. The zero-order chi connectivity index (χ0) is 22.1. The quantitative estimate of drug-likeness (QED) is 0.621. The van der Waals surface area contributed by atoms with Gasteiger partial charge in [-0.2, -0.15) is 5.10 Å². The lowest BCUT2D eigenvalue weighted by Crippen LogP contribution is -2.59. The van der Waals surface area contributed by atoms with Crippen molar-refractivity contribution in [2.45, 2.75) is 12.8 Å². The fourth-order valence-corrected chi connectivity index (χ4v) is 4.03. The molecule has 2 N–H and O–H groups in total. The summed E-state index contributed by atoms with van der Waals surface area (Å²) in [4.78, 5) is 42.8. The number of pyridine rings is 1. The van der Waals surface area contributed by atoms with E-state index in [2.05, 4.69) is 20.8 Å². The molecule has 0 spiro atoms. The number of hydrogen-bond acceptors (Lipinski definition) is 5. The Morgan fingerprint density at radius 2 is 1.88 bits per heavy atom. The van der Waals surface area contributed by atoms with Gasteiger partial charge in [-0.3, -0.25) is 19.8 Å². The van der Waals surface area contributed by atoms with Crippen molar-refractivity contribution in [2.75, 3.05) is 10.3 Å². The first-order chi connectivity index (χ1) is 15.6. The number of nitrogens with one attached hydrogen (secondary N) is 2. The van der Waals surface area contributed by atoms with Crippen molar-refractivity contribution < 1.29 is 14.4 Å². The molecule has 3 aromatic rings. The third-order valence-corrected chi connectivity index (χ3v) is 5.65. The summed E-state index contributed by atoms with van der Waals surface area (Å²) in [7, 11) is 0. The Labute approximate surface area is 183 Å². The van der Waals surface area contributed by atoms with Crippen molar-refractivity contribution in [3.63, 3.8) is 0 Å². The number of benzene rings is 1. The lowest BCUT2D eigenvalue weighted by atomic mass is 9.80. The molecular formula is C23H20N6O3. The van der Waals surface area contributed by atoms with E-state index in [4.69, 9.17) is 0 Å². The highest BCUT2D eigenvalue weighted by atomic mass is 16.2. The molecular weight excluding hydrogens is 408 g/mol. The molecule has 5 rings (SSSR count). The second kappa shape index (κ2) is 8.10. The molecule has 3 amide bonds. The SMILES string of the molecule is O=C(Nc1cccnc1-n1cccn1)c1cccc(N2NC(=O)C3CC=CCC3C2=O)c1. The van der Waals surface area contributed by atoms with Crippen LogP contribution in [0.1, 0.15) is 23.2 Å². The van der Waals surface area contributed by atoms with Crippen molar-refractivity contribution in [2.24, 2.45) is 11.8 Å². The first kappa shape index (κ1) is 19.7. The van der Waals surface area contributed by atoms with Gasteiger partial charge in [-0.1, -0.05) is 18.2 Å². The number of hydrazine groups is 1. The van der Waals surface area contributed by atoms with Crippen LogP contribution >= 0.6 is 0 Å². The molecule has 0 radical (unpaired) electrons. The van der Waals surface area contributed by atoms with Crippen LogP contribution in [-0.4, -0.2) is 32.5 Å². The summed E-state index contributed by atoms with van der Waals surface area (Å²) in [5.41, 5.74) is 3.95. The van der Waals surface area contributed by atoms with E-state index in [1.165, 1.54) is 5.01 Å². The molecule has 9 nitrogen and oxygen atoms in total. The van der Waals surface area contributed by atoms with Crippen LogP contribution in [0.5, 0.6) is 0 Å². The molecule has 9 heteroatoms. The van der Waals surface area contributed by atoms with Crippen molar-refractivity contribution in [1.29, 1.82) is 0 Å². The summed E-state index contributed by atoms with van der Waals surface area (Å²) in [5.74, 6) is -0.989. The maximum absolute atomic E-state index is 13.0. The van der Waals surface area contributed by atoms with Gasteiger partial charge in [0.05, 0.1) is 23.2 Å². The summed E-state index contributed by atoms with van der Waals surface area (Å²) in [6.45, 7) is 0. The fourth-order valence-electron chi connectivity index (χ4n) is 4.03. The van der Waals surface area contributed by atoms with Crippen molar-refractivity contribution in [1.82, 2.24) is 20.2 Å². The predicted octanol–water partition coefficient (Wildman–Crippen LogP) is 2.48. The maximum Gasteiger partial charge on any atom is 0.255 e. The summed E-state index contributed by atoms with van der Waals surface area (Å²) in [5, 5.41) is 8.26. The smallest absolute Gasteiger partial charge is 0.255 e. The Morgan fingerprint density at radius 3 is 2.69 bits per heavy atom. The van der Waals surface area contributed by atoms with Gasteiger partial charge < -0.3 is 5.32 Å². The fraction of sp³-hybridized carbons (Fsp3) is 0.174. The van der Waals surface area contributed by atoms with Gasteiger partial charge in [0.15, 0.2) is 5.82 Å². The van der Waals surface area contributed by atoms with Crippen LogP contribution < -0.4 is 15.8 Å². The molecule has 1 aliphatic carbocycles. The van der Waals surface area contributed by atoms with E-state index in [1.807, 2.05) is 12.2 Å². The summed E-state index contributed by atoms with van der Waals surface area (Å²) >= 11 is 0. The number of allylic oxidation sites excluding steroid dienone is 2. The highest BCUT2D eigenvalue weighted by Crippen LogP contribution is 2.32. The molecule has 1 aromatic carbocycles. The van der Waals surface area contributed by atoms with Gasteiger partial charge in [0.25, 0.3) is 5.91 Å². The van der Waals surface area contributed by atoms with Crippen LogP contribution in [0.15, 0.2) is 73.2 Å². The van der Waals surface area contributed by atoms with Crippen LogP contribution in [0, 0.1) is 11.8 Å². The number of hydrogen-bond donors (Lipinski definition) is 2. The lowest BCUT2D eigenvalue weighted by molar-refractivity contribution is -0.139. The first-order valence-corrected chi connectivity index (χ1v) is 10.3. The Balaban J connectivity index is 1.39. The van der Waals surface area contributed by atoms with Crippen LogP contribution in [0.4, 0.5) is 11.4 Å². The van der Waals surface area contributed by atoms with E-state index in [1.54, 1.807) is 65.7 Å². The second-order valence-electron chi connectivity index (χ2n) is 7.64. The molecule has 2 aliphatic rings. The van der Waals surface area contributed by atoms with Gasteiger partial charge in [-0.05, 0) is 49.2 Å². The summed E-state index contributed by atoms with van der Waals surface area (Å²) in [6.07, 6.45) is 9.94. The maximum atomic E-state index is 13.0. The summed E-state index contributed by atoms with van der Waals surface area (Å²) in [6, 6.07) is 11.8. The Bertz CT molecular complexity index is 1220. The number of fused-ring (bicyclic) bond motifs is 1. The van der Waals surface area contributed by atoms with E-state index in [0.29, 0.717) is 35.6 Å². The van der Waals surface area contributed by atoms with E-state index >= 15 is 0 Å². The molecule has 2 aromatic heterocycles. The molecule has 2 atom stereocenters. The van der Waals surface area contributed by atoms with Crippen LogP contribution in [0.25, 0.3) is 5.82 Å². The standard InChI is InChI=1S/C23H20N6O3/c30-21(26-19-10-4-11-24-20(19)28-13-5-12-25-28)15-6-3-7-16(14-15)29-23(32)18-9-2-1-8-17(18)22(31)27-29/h1-7,10-14,17-18H,8-9H2,(H,26,30)(H,27,31). The average molecular weight is 428 g/mol. The van der Waals surface area contributed by atoms with E-state index in [0.717, 1.165) is 0 Å². The highest BCUT2D eigenvalue weighted by Gasteiger charge is 2.42. The Hall–Kier alpha value is -4.27. The Morgan fingerprint density at radius 1 is 1.03 bits per heavy atom. The van der Waals surface area contributed by atoms with Gasteiger partial charge in [0.2, 0.25) is 11.8 Å². The number of carbonyl (C=O) groups excluding carboxylic acids is 3. The molecule has 1 saturated heterocycles. The molecule has 0 saturated carbocycles. The third kappa shape index (κ3) is 3.53. The number of carbonyl (C=O) groups is 3. The minimum absolute atomic E-state index is 0.176. The largest absolute Gasteiger partial charge is 0.319 e. The molecule has 2 unspecified atom stereocenters. The van der Waals surface area contributed by atoms with Crippen LogP contribution in [0.3, 0.4) is 0 Å². The van der Waals surface area contributed by atoms with Gasteiger partial charge in [0.1, 0.15) is 0 Å². The normalized spacial score (nSPS) is 19.9. The zero-order valence-electron chi connectivity index (χ0n) is 17.0. The van der Waals surface area contributed by atoms with Gasteiger partial charge in [-0.25, -0.2) is 14.7 Å². The van der Waals surface area contributed by atoms with Gasteiger partial charge in [-0.15, -0.1) is 0 Å². The topological polar surface area (TPSA) is 109 Å². The molecule has 0 bridgehead atoms. The van der Waals surface area contributed by atoms with Crippen molar-refractivity contribution >= 4 is 29.1 Å². The molecule has 3 heterocycles. The van der Waals surface area contributed by atoms with E-state index in [9.17, 15) is 14.4 Å². The van der Waals surface area contributed by atoms with Gasteiger partial charge >= 0.3 is 0 Å². The van der Waals surface area contributed by atoms with E-state index in [-0.39, 0.29) is 23.6 Å². The lowest BCUT2D eigenvalue weighted by Gasteiger charge is -2.38. The number of rotatable bonds is 4. The van der Waals surface area contributed by atoms with Crippen LogP contribution in [0.2, 0.25) is 0 Å². The number of nitrogens with zero attached hydrogens (tertiary/aromatic N) is 4. The third-order valence-electron chi connectivity index (χ3n) is 5.65. The highest BCUT2D eigenvalue weighted by molar-refractivity contribution is 6.08. The zero-order valence-corrected chi connectivity index (χ0v) is 17.0. The van der Waals surface area contributed by atoms with E-state index < -0.39 is 5.92 Å². The number of amides is 3. The van der Waals surface area contributed by atoms with Crippen molar-refractivity contribution in [3.05, 3.63) is 78.8 Å². The molecule has 160 valence electrons. The number of aromatic nitrogens is 3. The molecule has 32 heavy (non-hydrogen) atoms. The first-order valence-electron chi connectivity index (χ1n) is 10.3. The van der Waals surface area contributed by atoms with Crippen molar-refractivity contribution in [3.8, 4) is 5.82 Å². The summed E-state index contributed by atoms with van der Waals surface area (Å²) < 4.78 is 1.56. The second-order valence-corrected chi connectivity index (χ2v) is 7.64. The van der Waals surface area contributed by atoms with Gasteiger partial charge in [0, 0.05) is 24.2 Å². The molecule has 1 fully saturated rings.